The molecule has 0 spiro atoms. The first-order valence-electron chi connectivity index (χ1n) is 7.93. The van der Waals surface area contributed by atoms with E-state index in [0.717, 1.165) is 18.4 Å². The number of rotatable bonds is 9. The molecular weight excluding hydrogens is 280 g/mol. The van der Waals surface area contributed by atoms with E-state index in [1.165, 1.54) is 12.1 Å². The van der Waals surface area contributed by atoms with Crippen LogP contribution in [-0.4, -0.2) is 29.2 Å². The van der Waals surface area contributed by atoms with Crippen molar-refractivity contribution in [3.8, 4) is 11.5 Å². The van der Waals surface area contributed by atoms with E-state index in [0.29, 0.717) is 37.8 Å². The van der Waals surface area contributed by atoms with Crippen LogP contribution < -0.4 is 11.1 Å². The number of aryl methyl sites for hydroxylation is 1. The molecule has 0 heterocycles. The van der Waals surface area contributed by atoms with Crippen molar-refractivity contribution in [2.45, 2.75) is 39.5 Å². The zero-order valence-corrected chi connectivity index (χ0v) is 13.5. The Morgan fingerprint density at radius 2 is 2.05 bits per heavy atom. The molecule has 0 saturated heterocycles. The second-order valence-electron chi connectivity index (χ2n) is 5.98. The topological polar surface area (TPSA) is 95.6 Å². The van der Waals surface area contributed by atoms with Crippen LogP contribution in [0.5, 0.6) is 11.5 Å². The number of phenols is 2. The molecule has 1 aromatic carbocycles. The van der Waals surface area contributed by atoms with E-state index >= 15 is 0 Å². The Kier molecular flexibility index (Phi) is 7.74. The maximum absolute atomic E-state index is 11.9. The fourth-order valence-electron chi connectivity index (χ4n) is 2.39. The molecule has 1 rings (SSSR count). The molecule has 1 aromatic rings. The lowest BCUT2D eigenvalue weighted by Crippen LogP contribution is -2.30. The Morgan fingerprint density at radius 3 is 2.64 bits per heavy atom. The van der Waals surface area contributed by atoms with Gasteiger partial charge in [0, 0.05) is 13.0 Å². The van der Waals surface area contributed by atoms with Crippen LogP contribution in [0.15, 0.2) is 18.2 Å². The Balaban J connectivity index is 2.34. The van der Waals surface area contributed by atoms with Gasteiger partial charge in [0.1, 0.15) is 0 Å². The standard InChI is InChI=1S/C17H28N2O3/c1-3-13(8-12(2)10-18)11-19-17(22)7-5-14-4-6-15(20)16(21)9-14/h4,6,9,12-13,20-21H,3,5,7-8,10-11,18H2,1-2H3,(H,19,22). The van der Waals surface area contributed by atoms with Gasteiger partial charge in [0.05, 0.1) is 0 Å². The Morgan fingerprint density at radius 1 is 1.32 bits per heavy atom. The van der Waals surface area contributed by atoms with Crippen molar-refractivity contribution in [1.29, 1.82) is 0 Å². The van der Waals surface area contributed by atoms with Gasteiger partial charge < -0.3 is 21.3 Å². The number of carbonyl (C=O) groups excluding carboxylic acids is 1. The summed E-state index contributed by atoms with van der Waals surface area (Å²) in [6, 6.07) is 4.63. The summed E-state index contributed by atoms with van der Waals surface area (Å²) in [5, 5.41) is 21.6. The number of amides is 1. The van der Waals surface area contributed by atoms with Crippen molar-refractivity contribution >= 4 is 5.91 Å². The lowest BCUT2D eigenvalue weighted by atomic mass is 9.93. The lowest BCUT2D eigenvalue weighted by Gasteiger charge is -2.19. The minimum absolute atomic E-state index is 0.00594. The van der Waals surface area contributed by atoms with Gasteiger partial charge in [-0.1, -0.05) is 26.3 Å². The van der Waals surface area contributed by atoms with Gasteiger partial charge >= 0.3 is 0 Å². The van der Waals surface area contributed by atoms with Crippen LogP contribution in [0.4, 0.5) is 0 Å². The average molecular weight is 308 g/mol. The van der Waals surface area contributed by atoms with E-state index in [9.17, 15) is 15.0 Å². The molecule has 1 amide bonds. The minimum atomic E-state index is -0.153. The van der Waals surface area contributed by atoms with E-state index in [-0.39, 0.29) is 17.4 Å². The van der Waals surface area contributed by atoms with Gasteiger partial charge in [0.15, 0.2) is 11.5 Å². The Bertz CT molecular complexity index is 477. The van der Waals surface area contributed by atoms with E-state index in [1.54, 1.807) is 6.07 Å². The molecule has 0 aliphatic heterocycles. The maximum Gasteiger partial charge on any atom is 0.220 e. The van der Waals surface area contributed by atoms with Crippen molar-refractivity contribution in [1.82, 2.24) is 5.32 Å². The third-order valence-corrected chi connectivity index (χ3v) is 3.98. The lowest BCUT2D eigenvalue weighted by molar-refractivity contribution is -0.121. The molecule has 0 radical (unpaired) electrons. The first-order valence-corrected chi connectivity index (χ1v) is 7.93. The summed E-state index contributed by atoms with van der Waals surface area (Å²) in [7, 11) is 0. The highest BCUT2D eigenvalue weighted by Gasteiger charge is 2.12. The van der Waals surface area contributed by atoms with Crippen LogP contribution in [0.1, 0.15) is 38.7 Å². The molecule has 0 bridgehead atoms. The number of hydrogen-bond donors (Lipinski definition) is 4. The van der Waals surface area contributed by atoms with E-state index in [1.807, 2.05) is 0 Å². The van der Waals surface area contributed by atoms with Crippen LogP contribution >= 0.6 is 0 Å². The molecule has 0 aromatic heterocycles. The third-order valence-electron chi connectivity index (χ3n) is 3.98. The molecule has 5 nitrogen and oxygen atoms in total. The Labute approximate surface area is 132 Å². The van der Waals surface area contributed by atoms with Gasteiger partial charge in [0.25, 0.3) is 0 Å². The number of aromatic hydroxyl groups is 2. The predicted octanol–water partition coefficient (Wildman–Crippen LogP) is 2.16. The third kappa shape index (κ3) is 6.35. The highest BCUT2D eigenvalue weighted by atomic mass is 16.3. The van der Waals surface area contributed by atoms with Crippen LogP contribution in [0.2, 0.25) is 0 Å². The quantitative estimate of drug-likeness (QED) is 0.526. The summed E-state index contributed by atoms with van der Waals surface area (Å²) < 4.78 is 0. The van der Waals surface area contributed by atoms with Gasteiger partial charge in [-0.05, 0) is 48.9 Å². The van der Waals surface area contributed by atoms with Crippen molar-refractivity contribution < 1.29 is 15.0 Å². The van der Waals surface area contributed by atoms with Gasteiger partial charge in [-0.3, -0.25) is 4.79 Å². The number of nitrogens with two attached hydrogens (primary N) is 1. The molecule has 0 fully saturated rings. The zero-order valence-electron chi connectivity index (χ0n) is 13.5. The molecule has 22 heavy (non-hydrogen) atoms. The Hall–Kier alpha value is -1.75. The van der Waals surface area contributed by atoms with Crippen molar-refractivity contribution in [2.75, 3.05) is 13.1 Å². The molecule has 2 atom stereocenters. The number of benzene rings is 1. The van der Waals surface area contributed by atoms with Gasteiger partial charge in [-0.15, -0.1) is 0 Å². The molecule has 0 aliphatic rings. The van der Waals surface area contributed by atoms with Crippen molar-refractivity contribution in [3.05, 3.63) is 23.8 Å². The largest absolute Gasteiger partial charge is 0.504 e. The second-order valence-corrected chi connectivity index (χ2v) is 5.98. The van der Waals surface area contributed by atoms with Crippen molar-refractivity contribution in [2.24, 2.45) is 17.6 Å². The smallest absolute Gasteiger partial charge is 0.220 e. The number of carbonyl (C=O) groups is 1. The number of nitrogens with one attached hydrogen (secondary N) is 1. The summed E-state index contributed by atoms with van der Waals surface area (Å²) in [4.78, 5) is 11.9. The summed E-state index contributed by atoms with van der Waals surface area (Å²) in [6.07, 6.45) is 2.96. The molecule has 124 valence electrons. The van der Waals surface area contributed by atoms with E-state index in [2.05, 4.69) is 19.2 Å². The monoisotopic (exact) mass is 308 g/mol. The molecule has 5 N–H and O–H groups in total. The summed E-state index contributed by atoms with van der Waals surface area (Å²) in [5.41, 5.74) is 6.47. The second kappa shape index (κ2) is 9.30. The first-order chi connectivity index (χ1) is 10.5. The molecule has 2 unspecified atom stereocenters. The van der Waals surface area contributed by atoms with Crippen LogP contribution in [-0.2, 0) is 11.2 Å². The zero-order chi connectivity index (χ0) is 16.5. The predicted molar refractivity (Wildman–Crippen MR) is 87.7 cm³/mol. The van der Waals surface area contributed by atoms with Crippen LogP contribution in [0.25, 0.3) is 0 Å². The number of hydrogen-bond acceptors (Lipinski definition) is 4. The summed E-state index contributed by atoms with van der Waals surface area (Å²) in [6.45, 7) is 5.61. The number of phenolic OH excluding ortho intramolecular Hbond substituents is 2. The van der Waals surface area contributed by atoms with Gasteiger partial charge in [-0.25, -0.2) is 0 Å². The van der Waals surface area contributed by atoms with Gasteiger partial charge in [0.2, 0.25) is 5.91 Å². The normalized spacial score (nSPS) is 13.6. The molecule has 0 aliphatic carbocycles. The average Bonchev–Trinajstić information content (AvgIpc) is 2.52. The summed E-state index contributed by atoms with van der Waals surface area (Å²) in [5.74, 6) is 0.640. The van der Waals surface area contributed by atoms with Crippen molar-refractivity contribution in [3.63, 3.8) is 0 Å². The SMILES string of the molecule is CCC(CNC(=O)CCc1ccc(O)c(O)c1)CC(C)CN. The van der Waals surface area contributed by atoms with E-state index < -0.39 is 0 Å². The first kappa shape index (κ1) is 18.3. The highest BCUT2D eigenvalue weighted by molar-refractivity contribution is 5.76. The van der Waals surface area contributed by atoms with Crippen LogP contribution in [0.3, 0.4) is 0 Å². The van der Waals surface area contributed by atoms with E-state index in [4.69, 9.17) is 5.73 Å². The maximum atomic E-state index is 11.9. The fraction of sp³-hybridized carbons (Fsp3) is 0.588. The summed E-state index contributed by atoms with van der Waals surface area (Å²) >= 11 is 0. The molecular formula is C17H28N2O3. The minimum Gasteiger partial charge on any atom is -0.504 e. The fourth-order valence-corrected chi connectivity index (χ4v) is 2.39. The molecule has 0 saturated carbocycles. The molecule has 5 heteroatoms. The highest BCUT2D eigenvalue weighted by Crippen LogP contribution is 2.25. The van der Waals surface area contributed by atoms with Crippen LogP contribution in [0, 0.1) is 11.8 Å². The van der Waals surface area contributed by atoms with Gasteiger partial charge in [-0.2, -0.15) is 0 Å².